The van der Waals surface area contributed by atoms with Crippen LogP contribution in [-0.4, -0.2) is 60.9 Å². The number of nitrogens with one attached hydrogen (secondary N) is 1. The molecular weight excluding hydrogens is 426 g/mol. The molecule has 0 aliphatic carbocycles. The third-order valence-corrected chi connectivity index (χ3v) is 6.68. The first-order chi connectivity index (χ1) is 15.6. The molecule has 2 heterocycles. The molecule has 0 bridgehead atoms. The van der Waals surface area contributed by atoms with Gasteiger partial charge in [0, 0.05) is 18.1 Å². The summed E-state index contributed by atoms with van der Waals surface area (Å²) in [6.07, 6.45) is 3.81. The van der Waals surface area contributed by atoms with Gasteiger partial charge in [-0.15, -0.1) is 0 Å². The lowest BCUT2D eigenvalue weighted by atomic mass is 10.1. The number of halogens is 1. The number of hydrogen-bond acceptors (Lipinski definition) is 4. The Hall–Kier alpha value is -2.57. The Kier molecular flexibility index (Phi) is 7.33. The standard InChI is InChI=1S/C25H30ClN3O3/c1-32-23-12-11-19(26)16-20(23)25(31)29-15-7-10-21(29)24(30)27-17-22(28-13-5-6-14-28)18-8-3-2-4-9-18/h2-4,8-9,11-12,16,21-22H,5-7,10,13-15,17H2,1H3,(H,27,30)/t21-,22-/m1/s1. The van der Waals surface area contributed by atoms with E-state index in [0.29, 0.717) is 35.8 Å². The summed E-state index contributed by atoms with van der Waals surface area (Å²) in [5.74, 6) is 0.141. The normalized spacial score (nSPS) is 19.7. The number of likely N-dealkylation sites (tertiary alicyclic amines) is 2. The van der Waals surface area contributed by atoms with Gasteiger partial charge in [0.2, 0.25) is 5.91 Å². The van der Waals surface area contributed by atoms with Gasteiger partial charge in [-0.05, 0) is 62.5 Å². The van der Waals surface area contributed by atoms with Crippen LogP contribution in [-0.2, 0) is 4.79 Å². The van der Waals surface area contributed by atoms with E-state index in [-0.39, 0.29) is 17.9 Å². The largest absolute Gasteiger partial charge is 0.496 e. The SMILES string of the molecule is COc1ccc(Cl)cc1C(=O)N1CCC[C@@H]1C(=O)NC[C@H](c1ccccc1)N1CCCC1. The van der Waals surface area contributed by atoms with Crippen LogP contribution in [0.3, 0.4) is 0 Å². The molecule has 2 aliphatic rings. The highest BCUT2D eigenvalue weighted by Gasteiger charge is 2.36. The van der Waals surface area contributed by atoms with Crippen molar-refractivity contribution < 1.29 is 14.3 Å². The molecule has 4 rings (SSSR count). The quantitative estimate of drug-likeness (QED) is 0.687. The summed E-state index contributed by atoms with van der Waals surface area (Å²) in [6.45, 7) is 3.15. The van der Waals surface area contributed by atoms with Gasteiger partial charge in [0.1, 0.15) is 11.8 Å². The summed E-state index contributed by atoms with van der Waals surface area (Å²) in [5.41, 5.74) is 1.59. The van der Waals surface area contributed by atoms with Crippen LogP contribution in [0.15, 0.2) is 48.5 Å². The van der Waals surface area contributed by atoms with Crippen molar-refractivity contribution in [3.05, 3.63) is 64.7 Å². The molecule has 2 amide bonds. The Morgan fingerprint density at radius 3 is 2.56 bits per heavy atom. The van der Waals surface area contributed by atoms with Crippen LogP contribution >= 0.6 is 11.6 Å². The van der Waals surface area contributed by atoms with Gasteiger partial charge >= 0.3 is 0 Å². The lowest BCUT2D eigenvalue weighted by molar-refractivity contribution is -0.125. The van der Waals surface area contributed by atoms with Gasteiger partial charge in [-0.1, -0.05) is 41.9 Å². The van der Waals surface area contributed by atoms with E-state index in [1.165, 1.54) is 25.5 Å². The van der Waals surface area contributed by atoms with Crippen molar-refractivity contribution >= 4 is 23.4 Å². The maximum absolute atomic E-state index is 13.3. The van der Waals surface area contributed by atoms with Crippen molar-refractivity contribution in [2.75, 3.05) is 33.3 Å². The molecule has 7 heteroatoms. The van der Waals surface area contributed by atoms with Crippen LogP contribution in [0.25, 0.3) is 0 Å². The Labute approximate surface area is 194 Å². The van der Waals surface area contributed by atoms with Gasteiger partial charge in [-0.3, -0.25) is 14.5 Å². The predicted octanol–water partition coefficient (Wildman–Crippen LogP) is 3.91. The van der Waals surface area contributed by atoms with Crippen molar-refractivity contribution in [2.45, 2.75) is 37.8 Å². The van der Waals surface area contributed by atoms with Crippen molar-refractivity contribution in [2.24, 2.45) is 0 Å². The second-order valence-electron chi connectivity index (χ2n) is 8.42. The first-order valence-corrected chi connectivity index (χ1v) is 11.7. The third kappa shape index (κ3) is 4.92. The summed E-state index contributed by atoms with van der Waals surface area (Å²) in [7, 11) is 1.52. The zero-order valence-corrected chi connectivity index (χ0v) is 19.2. The summed E-state index contributed by atoms with van der Waals surface area (Å²) >= 11 is 6.12. The average Bonchev–Trinajstić information content (AvgIpc) is 3.52. The summed E-state index contributed by atoms with van der Waals surface area (Å²) in [6, 6.07) is 14.9. The number of amides is 2. The van der Waals surface area contributed by atoms with Gasteiger partial charge in [0.05, 0.1) is 18.7 Å². The monoisotopic (exact) mass is 455 g/mol. The first-order valence-electron chi connectivity index (χ1n) is 11.3. The minimum atomic E-state index is -0.485. The highest BCUT2D eigenvalue weighted by molar-refractivity contribution is 6.31. The Morgan fingerprint density at radius 1 is 1.09 bits per heavy atom. The Bertz CT molecular complexity index is 947. The number of carbonyl (C=O) groups is 2. The molecule has 170 valence electrons. The number of methoxy groups -OCH3 is 1. The number of carbonyl (C=O) groups excluding carboxylic acids is 2. The molecule has 0 unspecified atom stereocenters. The van der Waals surface area contributed by atoms with E-state index in [0.717, 1.165) is 19.5 Å². The second kappa shape index (κ2) is 10.4. The fourth-order valence-corrected chi connectivity index (χ4v) is 4.96. The molecule has 2 atom stereocenters. The number of rotatable bonds is 7. The van der Waals surface area contributed by atoms with Gasteiger partial charge in [-0.25, -0.2) is 0 Å². The molecule has 2 fully saturated rings. The average molecular weight is 456 g/mol. The molecule has 0 radical (unpaired) electrons. The molecule has 0 saturated carbocycles. The molecule has 1 N–H and O–H groups in total. The third-order valence-electron chi connectivity index (χ3n) is 6.44. The maximum atomic E-state index is 13.3. The zero-order chi connectivity index (χ0) is 22.5. The summed E-state index contributed by atoms with van der Waals surface area (Å²) < 4.78 is 5.35. The number of benzene rings is 2. The number of hydrogen-bond donors (Lipinski definition) is 1. The molecule has 2 saturated heterocycles. The lowest BCUT2D eigenvalue weighted by Gasteiger charge is -2.30. The van der Waals surface area contributed by atoms with E-state index >= 15 is 0 Å². The van der Waals surface area contributed by atoms with Crippen molar-refractivity contribution in [1.29, 1.82) is 0 Å². The van der Waals surface area contributed by atoms with E-state index in [4.69, 9.17) is 16.3 Å². The van der Waals surface area contributed by atoms with Gasteiger partial charge in [-0.2, -0.15) is 0 Å². The number of nitrogens with zero attached hydrogens (tertiary/aromatic N) is 2. The second-order valence-corrected chi connectivity index (χ2v) is 8.85. The first kappa shape index (κ1) is 22.6. The van der Waals surface area contributed by atoms with Crippen molar-refractivity contribution in [1.82, 2.24) is 15.1 Å². The van der Waals surface area contributed by atoms with E-state index in [2.05, 4.69) is 22.3 Å². The molecule has 6 nitrogen and oxygen atoms in total. The van der Waals surface area contributed by atoms with E-state index in [1.807, 2.05) is 18.2 Å². The fourth-order valence-electron chi connectivity index (χ4n) is 4.79. The van der Waals surface area contributed by atoms with Crippen LogP contribution in [0.5, 0.6) is 5.75 Å². The van der Waals surface area contributed by atoms with Gasteiger partial charge in [0.25, 0.3) is 5.91 Å². The predicted molar refractivity (Wildman–Crippen MR) is 125 cm³/mol. The highest BCUT2D eigenvalue weighted by atomic mass is 35.5. The fraction of sp³-hybridized carbons (Fsp3) is 0.440. The molecule has 32 heavy (non-hydrogen) atoms. The minimum Gasteiger partial charge on any atom is -0.496 e. The molecule has 0 aromatic heterocycles. The zero-order valence-electron chi connectivity index (χ0n) is 18.4. The molecule has 2 aromatic carbocycles. The van der Waals surface area contributed by atoms with Gasteiger partial charge in [0.15, 0.2) is 0 Å². The van der Waals surface area contributed by atoms with Crippen LogP contribution in [0.4, 0.5) is 0 Å². The smallest absolute Gasteiger partial charge is 0.258 e. The maximum Gasteiger partial charge on any atom is 0.258 e. The van der Waals surface area contributed by atoms with Crippen LogP contribution < -0.4 is 10.1 Å². The van der Waals surface area contributed by atoms with Gasteiger partial charge < -0.3 is 15.0 Å². The topological polar surface area (TPSA) is 61.9 Å². The van der Waals surface area contributed by atoms with Crippen LogP contribution in [0.2, 0.25) is 5.02 Å². The Balaban J connectivity index is 1.46. The van der Waals surface area contributed by atoms with Crippen LogP contribution in [0.1, 0.15) is 47.6 Å². The van der Waals surface area contributed by atoms with Crippen molar-refractivity contribution in [3.63, 3.8) is 0 Å². The minimum absolute atomic E-state index is 0.100. The number of ether oxygens (including phenoxy) is 1. The highest BCUT2D eigenvalue weighted by Crippen LogP contribution is 2.28. The molecular formula is C25H30ClN3O3. The Morgan fingerprint density at radius 2 is 1.84 bits per heavy atom. The lowest BCUT2D eigenvalue weighted by Crippen LogP contribution is -2.48. The van der Waals surface area contributed by atoms with E-state index in [1.54, 1.807) is 23.1 Å². The molecule has 2 aromatic rings. The van der Waals surface area contributed by atoms with Crippen LogP contribution in [0, 0.1) is 0 Å². The molecule has 2 aliphatic heterocycles. The van der Waals surface area contributed by atoms with E-state index < -0.39 is 6.04 Å². The van der Waals surface area contributed by atoms with Crippen molar-refractivity contribution in [3.8, 4) is 5.75 Å². The summed E-state index contributed by atoms with van der Waals surface area (Å²) in [5, 5.41) is 3.61. The summed E-state index contributed by atoms with van der Waals surface area (Å²) in [4.78, 5) is 30.5. The van der Waals surface area contributed by atoms with E-state index in [9.17, 15) is 9.59 Å². The molecule has 0 spiro atoms.